The van der Waals surface area contributed by atoms with Crippen molar-refractivity contribution in [3.8, 4) is 0 Å². The summed E-state index contributed by atoms with van der Waals surface area (Å²) in [5.41, 5.74) is 0.148. The van der Waals surface area contributed by atoms with Crippen molar-refractivity contribution in [2.75, 3.05) is 6.54 Å². The topological polar surface area (TPSA) is 20.3 Å². The molecule has 3 aliphatic rings. The van der Waals surface area contributed by atoms with Gasteiger partial charge in [0.15, 0.2) is 0 Å². The number of nitrogens with zero attached hydrogens (tertiary/aromatic N) is 1. The van der Waals surface area contributed by atoms with Gasteiger partial charge in [0.2, 0.25) is 0 Å². The number of hydrogen-bond donors (Lipinski definition) is 0. The maximum atomic E-state index is 12.7. The smallest absolute Gasteiger partial charge is 0.139 e. The monoisotopic (exact) mass is 311 g/mol. The predicted molar refractivity (Wildman–Crippen MR) is 87.8 cm³/mol. The minimum atomic E-state index is 0.148. The molecular weight excluding hydrogens is 282 g/mol. The summed E-state index contributed by atoms with van der Waals surface area (Å²) in [4.78, 5) is 15.4. The Labute approximate surface area is 134 Å². The zero-order valence-corrected chi connectivity index (χ0v) is 14.2. The molecule has 120 valence electrons. The van der Waals surface area contributed by atoms with Crippen LogP contribution in [-0.2, 0) is 4.79 Å². The van der Waals surface area contributed by atoms with Gasteiger partial charge in [-0.2, -0.15) is 0 Å². The molecule has 4 unspecified atom stereocenters. The lowest BCUT2D eigenvalue weighted by molar-refractivity contribution is -0.140. The van der Waals surface area contributed by atoms with Crippen LogP contribution in [0.4, 0.5) is 0 Å². The van der Waals surface area contributed by atoms with Crippen LogP contribution < -0.4 is 0 Å². The first-order valence-corrected chi connectivity index (χ1v) is 9.54. The maximum absolute atomic E-state index is 12.7. The van der Waals surface area contributed by atoms with Gasteiger partial charge in [0.05, 0.1) is 0 Å². The number of hydrogen-bond acceptors (Lipinski definition) is 2. The molecule has 0 N–H and O–H groups in total. The fourth-order valence-electron chi connectivity index (χ4n) is 5.29. The van der Waals surface area contributed by atoms with Crippen molar-refractivity contribution in [3.05, 3.63) is 0 Å². The number of alkyl halides is 1. The fourth-order valence-corrected chi connectivity index (χ4v) is 5.71. The van der Waals surface area contributed by atoms with E-state index >= 15 is 0 Å². The second-order valence-corrected chi connectivity index (χ2v) is 8.15. The van der Waals surface area contributed by atoms with Gasteiger partial charge in [0.25, 0.3) is 0 Å². The van der Waals surface area contributed by atoms with Crippen LogP contribution in [0.25, 0.3) is 0 Å². The Morgan fingerprint density at radius 2 is 2.14 bits per heavy atom. The molecular formula is C18H30ClNO. The third kappa shape index (κ3) is 2.91. The Bertz CT molecular complexity index is 385. The molecule has 0 radical (unpaired) electrons. The van der Waals surface area contributed by atoms with Crippen LogP contribution in [0.1, 0.15) is 77.6 Å². The predicted octanol–water partition coefficient (Wildman–Crippen LogP) is 4.54. The quantitative estimate of drug-likeness (QED) is 0.549. The minimum absolute atomic E-state index is 0.148. The van der Waals surface area contributed by atoms with E-state index in [9.17, 15) is 4.79 Å². The highest BCUT2D eigenvalue weighted by Gasteiger charge is 2.57. The van der Waals surface area contributed by atoms with Crippen LogP contribution in [0.2, 0.25) is 0 Å². The highest BCUT2D eigenvalue weighted by atomic mass is 35.5. The first-order chi connectivity index (χ1) is 10.2. The average molecular weight is 312 g/mol. The van der Waals surface area contributed by atoms with Crippen LogP contribution in [0.15, 0.2) is 0 Å². The van der Waals surface area contributed by atoms with Gasteiger partial charge >= 0.3 is 0 Å². The molecule has 0 bridgehead atoms. The molecule has 2 nitrogen and oxygen atoms in total. The third-order valence-electron chi connectivity index (χ3n) is 6.20. The molecule has 2 heterocycles. The Morgan fingerprint density at radius 1 is 1.29 bits per heavy atom. The van der Waals surface area contributed by atoms with Crippen molar-refractivity contribution in [3.63, 3.8) is 0 Å². The summed E-state index contributed by atoms with van der Waals surface area (Å²) in [6.45, 7) is 3.27. The number of halogens is 1. The summed E-state index contributed by atoms with van der Waals surface area (Å²) in [7, 11) is 0. The summed E-state index contributed by atoms with van der Waals surface area (Å²) < 4.78 is 0. The second-order valence-electron chi connectivity index (χ2n) is 7.53. The molecule has 2 aliphatic heterocycles. The number of carbonyl (C=O) groups excluding carboxylic acids is 1. The molecule has 1 spiro atoms. The summed E-state index contributed by atoms with van der Waals surface area (Å²) in [6.07, 6.45) is 13.1. The Kier molecular flexibility index (Phi) is 4.95. The van der Waals surface area contributed by atoms with E-state index < -0.39 is 0 Å². The summed E-state index contributed by atoms with van der Waals surface area (Å²) in [5.74, 6) is 0.846. The van der Waals surface area contributed by atoms with Crippen molar-refractivity contribution in [2.45, 2.75) is 94.5 Å². The Hall–Kier alpha value is -0.0800. The molecule has 1 saturated carbocycles. The molecule has 3 fully saturated rings. The minimum Gasteiger partial charge on any atom is -0.299 e. The molecule has 2 saturated heterocycles. The van der Waals surface area contributed by atoms with Crippen molar-refractivity contribution in [1.82, 2.24) is 4.90 Å². The Balaban J connectivity index is 1.73. The number of unbranched alkanes of at least 4 members (excludes halogenated alkanes) is 3. The zero-order chi connectivity index (χ0) is 14.9. The van der Waals surface area contributed by atoms with Gasteiger partial charge in [-0.1, -0.05) is 45.4 Å². The van der Waals surface area contributed by atoms with Gasteiger partial charge in [0.1, 0.15) is 5.78 Å². The number of piperidine rings is 1. The molecule has 4 atom stereocenters. The van der Waals surface area contributed by atoms with Gasteiger partial charge in [-0.05, 0) is 25.7 Å². The SMILES string of the molecule is CCCCCCC1CC(=O)C2CCCCC23CC(Cl)CN13. The lowest BCUT2D eigenvalue weighted by atomic mass is 9.65. The second kappa shape index (κ2) is 6.58. The van der Waals surface area contributed by atoms with E-state index in [0.717, 1.165) is 25.8 Å². The number of carbonyl (C=O) groups is 1. The van der Waals surface area contributed by atoms with E-state index in [-0.39, 0.29) is 10.9 Å². The standard InChI is InChI=1S/C18H30ClNO/c1-2-3-4-5-8-15-11-17(21)16-9-6-7-10-18(16)12-14(19)13-20(15)18/h14-16H,2-13H2,1H3. The first-order valence-electron chi connectivity index (χ1n) is 9.11. The summed E-state index contributed by atoms with van der Waals surface area (Å²) >= 11 is 6.55. The highest BCUT2D eigenvalue weighted by Crippen LogP contribution is 2.51. The molecule has 1 aliphatic carbocycles. The molecule has 21 heavy (non-hydrogen) atoms. The molecule has 0 aromatic heterocycles. The fraction of sp³-hybridized carbons (Fsp3) is 0.944. The maximum Gasteiger partial charge on any atom is 0.139 e. The van der Waals surface area contributed by atoms with E-state index in [1.807, 2.05) is 0 Å². The molecule has 3 rings (SSSR count). The van der Waals surface area contributed by atoms with E-state index in [0.29, 0.717) is 17.7 Å². The summed E-state index contributed by atoms with van der Waals surface area (Å²) in [6, 6.07) is 0.479. The van der Waals surface area contributed by atoms with E-state index in [4.69, 9.17) is 11.6 Å². The molecule has 0 aromatic rings. The van der Waals surface area contributed by atoms with Gasteiger partial charge in [0, 0.05) is 35.8 Å². The van der Waals surface area contributed by atoms with Crippen LogP contribution in [-0.4, -0.2) is 34.2 Å². The van der Waals surface area contributed by atoms with Crippen molar-refractivity contribution in [1.29, 1.82) is 0 Å². The van der Waals surface area contributed by atoms with Gasteiger partial charge < -0.3 is 0 Å². The van der Waals surface area contributed by atoms with Crippen LogP contribution in [0.5, 0.6) is 0 Å². The first kappa shape index (κ1) is 15.8. The van der Waals surface area contributed by atoms with Gasteiger partial charge in [-0.3, -0.25) is 9.69 Å². The average Bonchev–Trinajstić information content (AvgIpc) is 2.80. The van der Waals surface area contributed by atoms with Crippen LogP contribution in [0.3, 0.4) is 0 Å². The lowest BCUT2D eigenvalue weighted by Crippen LogP contribution is -2.62. The highest BCUT2D eigenvalue weighted by molar-refractivity contribution is 6.21. The number of Topliss-reactive ketones (excluding diaryl/α,β-unsaturated/α-hetero) is 1. The number of rotatable bonds is 5. The summed E-state index contributed by atoms with van der Waals surface area (Å²) in [5, 5.41) is 0.259. The normalized spacial score (nSPS) is 40.1. The van der Waals surface area contributed by atoms with E-state index in [1.165, 1.54) is 51.4 Å². The zero-order valence-electron chi connectivity index (χ0n) is 13.5. The molecule has 0 amide bonds. The number of ketones is 1. The van der Waals surface area contributed by atoms with E-state index in [1.54, 1.807) is 0 Å². The third-order valence-corrected chi connectivity index (χ3v) is 6.49. The molecule has 0 aromatic carbocycles. The van der Waals surface area contributed by atoms with Crippen molar-refractivity contribution in [2.24, 2.45) is 5.92 Å². The van der Waals surface area contributed by atoms with E-state index in [2.05, 4.69) is 11.8 Å². The molecule has 3 heteroatoms. The van der Waals surface area contributed by atoms with Gasteiger partial charge in [-0.25, -0.2) is 0 Å². The van der Waals surface area contributed by atoms with Crippen LogP contribution in [0, 0.1) is 5.92 Å². The van der Waals surface area contributed by atoms with Crippen molar-refractivity contribution < 1.29 is 4.79 Å². The Morgan fingerprint density at radius 3 is 2.95 bits per heavy atom. The largest absolute Gasteiger partial charge is 0.299 e. The lowest BCUT2D eigenvalue weighted by Gasteiger charge is -2.53. The van der Waals surface area contributed by atoms with Gasteiger partial charge in [-0.15, -0.1) is 11.6 Å². The van der Waals surface area contributed by atoms with Crippen molar-refractivity contribution >= 4 is 17.4 Å². The van der Waals surface area contributed by atoms with Crippen LogP contribution >= 0.6 is 11.6 Å².